The zero-order chi connectivity index (χ0) is 31.5. The molecule has 0 radical (unpaired) electrons. The van der Waals surface area contributed by atoms with Gasteiger partial charge in [0.2, 0.25) is 0 Å². The third kappa shape index (κ3) is 3.64. The molecule has 8 bridgehead atoms. The normalized spacial score (nSPS) is 20.6. The number of rotatable bonds is 2. The van der Waals surface area contributed by atoms with Gasteiger partial charge in [0.05, 0.1) is 0 Å². The summed E-state index contributed by atoms with van der Waals surface area (Å²) in [6.07, 6.45) is 0. The monoisotopic (exact) mass is 670 g/mol. The van der Waals surface area contributed by atoms with E-state index in [4.69, 9.17) is 0 Å². The topological polar surface area (TPSA) is 0 Å². The molecule has 224 valence electrons. The van der Waals surface area contributed by atoms with Crippen LogP contribution in [0.3, 0.4) is 0 Å². The fourth-order valence-electron chi connectivity index (χ4n) is 10.2. The Kier molecular flexibility index (Phi) is 6.09. The summed E-state index contributed by atoms with van der Waals surface area (Å²) in [5.41, 5.74) is 17.9. The number of fused-ring (bicyclic) bond motifs is 2. The van der Waals surface area contributed by atoms with Crippen LogP contribution in [0.2, 0.25) is 9.26 Å². The maximum absolute atomic E-state index is 3.15. The molecular formula is C45H40Zr. The minimum absolute atomic E-state index is 0.205. The van der Waals surface area contributed by atoms with Crippen molar-refractivity contribution in [2.24, 2.45) is 0 Å². The molecule has 2 atom stereocenters. The molecule has 0 saturated heterocycles. The Morgan fingerprint density at radius 3 is 1.33 bits per heavy atom. The molecule has 6 aromatic carbocycles. The quantitative estimate of drug-likeness (QED) is 0.172. The van der Waals surface area contributed by atoms with Crippen molar-refractivity contribution in [1.29, 1.82) is 0 Å². The molecule has 3 aliphatic rings. The fourth-order valence-corrected chi connectivity index (χ4v) is 22.3. The third-order valence-corrected chi connectivity index (χ3v) is 22.9. The van der Waals surface area contributed by atoms with E-state index in [9.17, 15) is 0 Å². The van der Waals surface area contributed by atoms with E-state index < -0.39 is 20.3 Å². The molecule has 0 amide bonds. The van der Waals surface area contributed by atoms with Crippen LogP contribution in [-0.4, -0.2) is 0 Å². The molecule has 9 rings (SSSR count). The van der Waals surface area contributed by atoms with E-state index in [-0.39, 0.29) is 5.41 Å². The SMILES string of the molecule is CC1=C(c2cccc3ccccc23)c2c3cccc2C(C)(C)c2cccc4c2C(c2cccc5ccccc25)=C(C)[CH]4[Zr]([CH3])([CH3])[CH]13. The maximum atomic E-state index is 2.76. The predicted octanol–water partition coefficient (Wildman–Crippen LogP) is 12.3. The van der Waals surface area contributed by atoms with Crippen LogP contribution in [0.15, 0.2) is 132 Å². The van der Waals surface area contributed by atoms with Crippen LogP contribution in [0, 0.1) is 0 Å². The van der Waals surface area contributed by atoms with Crippen molar-refractivity contribution in [2.75, 3.05) is 0 Å². The van der Waals surface area contributed by atoms with Crippen LogP contribution in [-0.2, 0) is 25.7 Å². The van der Waals surface area contributed by atoms with Gasteiger partial charge in [-0.15, -0.1) is 0 Å². The summed E-state index contributed by atoms with van der Waals surface area (Å²) in [5.74, 6) is 0. The van der Waals surface area contributed by atoms with Crippen molar-refractivity contribution in [3.05, 3.63) is 177 Å². The molecule has 0 N–H and O–H groups in total. The fraction of sp³-hybridized carbons (Fsp3) is 0.200. The number of benzene rings is 6. The van der Waals surface area contributed by atoms with Gasteiger partial charge in [-0.25, -0.2) is 0 Å². The van der Waals surface area contributed by atoms with Gasteiger partial charge in [0.1, 0.15) is 0 Å². The van der Waals surface area contributed by atoms with Crippen LogP contribution in [0.1, 0.15) is 79.5 Å². The summed E-state index contributed by atoms with van der Waals surface area (Å²) < 4.78 is 6.51. The van der Waals surface area contributed by atoms with E-state index >= 15 is 0 Å². The third-order valence-electron chi connectivity index (χ3n) is 11.9. The molecule has 0 nitrogen and oxygen atoms in total. The molecule has 2 aliphatic carbocycles. The zero-order valence-electron chi connectivity index (χ0n) is 27.7. The van der Waals surface area contributed by atoms with E-state index in [1.807, 2.05) is 0 Å². The molecule has 1 heterocycles. The molecule has 46 heavy (non-hydrogen) atoms. The van der Waals surface area contributed by atoms with Crippen LogP contribution in [0.4, 0.5) is 0 Å². The summed E-state index contributed by atoms with van der Waals surface area (Å²) in [7, 11) is 0. The Morgan fingerprint density at radius 1 is 0.478 bits per heavy atom. The molecule has 1 aliphatic heterocycles. The number of hydrogen-bond donors (Lipinski definition) is 0. The summed E-state index contributed by atoms with van der Waals surface area (Å²) in [4.78, 5) is 0. The van der Waals surface area contributed by atoms with Gasteiger partial charge in [0.25, 0.3) is 0 Å². The first-order chi connectivity index (χ1) is 22.2. The Hall–Kier alpha value is -3.80. The second kappa shape index (κ2) is 9.86. The summed E-state index contributed by atoms with van der Waals surface area (Å²) in [6.45, 7) is 9.96. The first-order valence-electron chi connectivity index (χ1n) is 16.9. The predicted molar refractivity (Wildman–Crippen MR) is 194 cm³/mol. The average Bonchev–Trinajstić information content (AvgIpc) is 3.54. The summed E-state index contributed by atoms with van der Waals surface area (Å²) in [6, 6.07) is 46.4. The molecular weight excluding hydrogens is 632 g/mol. The molecule has 0 aromatic heterocycles. The van der Waals surface area contributed by atoms with E-state index in [2.05, 4.69) is 158 Å². The van der Waals surface area contributed by atoms with Crippen molar-refractivity contribution in [3.63, 3.8) is 0 Å². The van der Waals surface area contributed by atoms with Crippen molar-refractivity contribution < 1.29 is 20.3 Å². The van der Waals surface area contributed by atoms with Crippen LogP contribution >= 0.6 is 0 Å². The van der Waals surface area contributed by atoms with Gasteiger partial charge >= 0.3 is 280 Å². The standard InChI is InChI=1S/C43H34.2CH3.Zr/c1-27-25-31-17-11-23-37(41(31)39(27)35-21-9-15-29-13-5-7-19-33(29)35)43(3,4)38-24-12-18-32-26-28(2)40(42(32)38)36-22-10-16-30-14-6-8-20-34(30)36;;;/h5-26H,1-4H3;2*1H3;. The van der Waals surface area contributed by atoms with Gasteiger partial charge in [-0.1, -0.05) is 0 Å². The Balaban J connectivity index is 1.42. The van der Waals surface area contributed by atoms with Crippen molar-refractivity contribution in [3.8, 4) is 0 Å². The minimum atomic E-state index is -3.15. The van der Waals surface area contributed by atoms with Gasteiger partial charge in [-0.3, -0.25) is 0 Å². The molecule has 0 fully saturated rings. The van der Waals surface area contributed by atoms with E-state index in [0.717, 1.165) is 0 Å². The average molecular weight is 672 g/mol. The van der Waals surface area contributed by atoms with Gasteiger partial charge in [0, 0.05) is 0 Å². The van der Waals surface area contributed by atoms with Crippen molar-refractivity contribution in [1.82, 2.24) is 0 Å². The van der Waals surface area contributed by atoms with Crippen LogP contribution < -0.4 is 0 Å². The van der Waals surface area contributed by atoms with Crippen LogP contribution in [0.25, 0.3) is 32.7 Å². The Labute approximate surface area is 277 Å². The number of allylic oxidation sites excluding steroid dienone is 2. The second-order valence-corrected chi connectivity index (χ2v) is 26.8. The first-order valence-corrected chi connectivity index (χ1v) is 24.6. The van der Waals surface area contributed by atoms with Crippen LogP contribution in [0.5, 0.6) is 0 Å². The number of hydrogen-bond acceptors (Lipinski definition) is 0. The summed E-state index contributed by atoms with van der Waals surface area (Å²) in [5, 5.41) is 5.36. The van der Waals surface area contributed by atoms with Gasteiger partial charge in [-0.05, 0) is 0 Å². The summed E-state index contributed by atoms with van der Waals surface area (Å²) >= 11 is -3.15. The zero-order valence-corrected chi connectivity index (χ0v) is 30.2. The Bertz CT molecular complexity index is 2170. The first kappa shape index (κ1) is 28.4. The molecule has 0 spiro atoms. The van der Waals surface area contributed by atoms with Crippen molar-refractivity contribution >= 4 is 32.7 Å². The van der Waals surface area contributed by atoms with E-state index in [0.29, 0.717) is 7.25 Å². The van der Waals surface area contributed by atoms with Gasteiger partial charge in [-0.2, -0.15) is 0 Å². The Morgan fingerprint density at radius 2 is 0.870 bits per heavy atom. The molecule has 0 saturated carbocycles. The second-order valence-electron chi connectivity index (χ2n) is 15.0. The molecule has 2 unspecified atom stereocenters. The van der Waals surface area contributed by atoms with E-state index in [1.54, 1.807) is 22.3 Å². The van der Waals surface area contributed by atoms with Gasteiger partial charge in [0.15, 0.2) is 0 Å². The molecule has 1 heteroatoms. The molecule has 6 aromatic rings. The van der Waals surface area contributed by atoms with Crippen molar-refractivity contribution in [2.45, 2.75) is 49.6 Å². The van der Waals surface area contributed by atoms with Gasteiger partial charge < -0.3 is 0 Å². The van der Waals surface area contributed by atoms with E-state index in [1.165, 1.54) is 66.1 Å².